The van der Waals surface area contributed by atoms with Crippen LogP contribution in [0.25, 0.3) is 10.9 Å². The number of nitrogens with zero attached hydrogens (tertiary/aromatic N) is 2. The standard InChI is InChI=1S/C10H11BrN4O2/c1-15-5-6-2-7(13-9(16)4-12-17)3-8(11)10(6)14-15/h2-3,5,12,17H,4H2,1H3,(H,13,16). The quantitative estimate of drug-likeness (QED) is 0.745. The number of hydroxylamine groups is 1. The Hall–Kier alpha value is -1.44. The lowest BCUT2D eigenvalue weighted by molar-refractivity contribution is -0.116. The van der Waals surface area contributed by atoms with Gasteiger partial charge in [0.1, 0.15) is 12.1 Å². The fourth-order valence-corrected chi connectivity index (χ4v) is 2.12. The average molecular weight is 299 g/mol. The summed E-state index contributed by atoms with van der Waals surface area (Å²) in [5.41, 5.74) is 3.29. The van der Waals surface area contributed by atoms with Crippen LogP contribution in [0.1, 0.15) is 0 Å². The summed E-state index contributed by atoms with van der Waals surface area (Å²) in [5, 5.41) is 16.3. The van der Waals surface area contributed by atoms with Crippen LogP contribution in [0, 0.1) is 0 Å². The Bertz CT molecular complexity index is 567. The van der Waals surface area contributed by atoms with Crippen molar-refractivity contribution in [2.75, 3.05) is 11.9 Å². The number of carbonyl (C=O) groups excluding carboxylic acids is 1. The van der Waals surface area contributed by atoms with Crippen LogP contribution >= 0.6 is 15.9 Å². The maximum atomic E-state index is 11.3. The molecule has 0 aliphatic rings. The Morgan fingerprint density at radius 1 is 1.59 bits per heavy atom. The van der Waals surface area contributed by atoms with Gasteiger partial charge in [0.25, 0.3) is 0 Å². The minimum absolute atomic E-state index is 0.150. The summed E-state index contributed by atoms with van der Waals surface area (Å²) in [6.45, 7) is -0.150. The fraction of sp³-hybridized carbons (Fsp3) is 0.200. The molecule has 0 bridgehead atoms. The van der Waals surface area contributed by atoms with E-state index < -0.39 is 0 Å². The second-order valence-corrected chi connectivity index (χ2v) is 4.44. The Kier molecular flexibility index (Phi) is 3.41. The summed E-state index contributed by atoms with van der Waals surface area (Å²) in [5.74, 6) is -0.317. The van der Waals surface area contributed by atoms with Crippen LogP contribution in [0.5, 0.6) is 0 Å². The molecule has 0 fully saturated rings. The number of fused-ring (bicyclic) bond motifs is 1. The number of rotatable bonds is 3. The van der Waals surface area contributed by atoms with Gasteiger partial charge in [-0.05, 0) is 28.1 Å². The summed E-state index contributed by atoms with van der Waals surface area (Å²) in [7, 11) is 1.83. The summed E-state index contributed by atoms with van der Waals surface area (Å²) >= 11 is 3.40. The van der Waals surface area contributed by atoms with Gasteiger partial charge in [-0.2, -0.15) is 10.6 Å². The van der Waals surface area contributed by atoms with E-state index in [4.69, 9.17) is 5.21 Å². The van der Waals surface area contributed by atoms with Crippen LogP contribution in [0.2, 0.25) is 0 Å². The zero-order valence-electron chi connectivity index (χ0n) is 9.07. The molecule has 3 N–H and O–H groups in total. The van der Waals surface area contributed by atoms with Gasteiger partial charge < -0.3 is 10.5 Å². The molecule has 1 amide bonds. The molecule has 2 rings (SSSR count). The second-order valence-electron chi connectivity index (χ2n) is 3.58. The zero-order valence-corrected chi connectivity index (χ0v) is 10.7. The van der Waals surface area contributed by atoms with Crippen molar-refractivity contribution in [1.29, 1.82) is 0 Å². The van der Waals surface area contributed by atoms with E-state index in [1.54, 1.807) is 16.2 Å². The monoisotopic (exact) mass is 298 g/mol. The van der Waals surface area contributed by atoms with Gasteiger partial charge in [0, 0.05) is 28.8 Å². The number of aryl methyl sites for hydroxylation is 1. The van der Waals surface area contributed by atoms with E-state index in [1.807, 2.05) is 19.3 Å². The molecule has 1 aromatic carbocycles. The Morgan fingerprint density at radius 2 is 2.35 bits per heavy atom. The van der Waals surface area contributed by atoms with Crippen LogP contribution in [-0.4, -0.2) is 27.4 Å². The number of aromatic nitrogens is 2. The van der Waals surface area contributed by atoms with Crippen LogP contribution in [0.4, 0.5) is 5.69 Å². The van der Waals surface area contributed by atoms with Crippen LogP contribution in [0.3, 0.4) is 0 Å². The number of hydrogen-bond donors (Lipinski definition) is 3. The van der Waals surface area contributed by atoms with E-state index in [2.05, 4.69) is 26.3 Å². The number of halogens is 1. The normalized spacial score (nSPS) is 10.8. The molecular formula is C10H11BrN4O2. The molecule has 17 heavy (non-hydrogen) atoms. The third-order valence-electron chi connectivity index (χ3n) is 2.20. The first-order chi connectivity index (χ1) is 8.10. The average Bonchev–Trinajstić information content (AvgIpc) is 2.59. The summed E-state index contributed by atoms with van der Waals surface area (Å²) in [4.78, 5) is 11.3. The first-order valence-electron chi connectivity index (χ1n) is 4.90. The van der Waals surface area contributed by atoms with Crippen molar-refractivity contribution >= 4 is 38.4 Å². The highest BCUT2D eigenvalue weighted by Crippen LogP contribution is 2.26. The first kappa shape index (κ1) is 12.0. The molecule has 0 spiro atoms. The SMILES string of the molecule is Cn1cc2cc(NC(=O)CNO)cc(Br)c2n1. The van der Waals surface area contributed by atoms with Gasteiger partial charge in [0.15, 0.2) is 0 Å². The molecule has 0 atom stereocenters. The highest BCUT2D eigenvalue weighted by molar-refractivity contribution is 9.10. The second kappa shape index (κ2) is 4.82. The highest BCUT2D eigenvalue weighted by Gasteiger charge is 2.07. The number of carbonyl (C=O) groups is 1. The van der Waals surface area contributed by atoms with Gasteiger partial charge in [0.2, 0.25) is 5.91 Å². The van der Waals surface area contributed by atoms with Crippen molar-refractivity contribution < 1.29 is 10.0 Å². The van der Waals surface area contributed by atoms with E-state index in [0.717, 1.165) is 15.4 Å². The van der Waals surface area contributed by atoms with Crippen LogP contribution in [0.15, 0.2) is 22.8 Å². The summed E-state index contributed by atoms with van der Waals surface area (Å²) in [6, 6.07) is 3.59. The minimum atomic E-state index is -0.317. The van der Waals surface area contributed by atoms with Crippen molar-refractivity contribution in [1.82, 2.24) is 15.3 Å². The molecule has 0 aliphatic carbocycles. The predicted molar refractivity (Wildman–Crippen MR) is 66.8 cm³/mol. The molecule has 90 valence electrons. The topological polar surface area (TPSA) is 79.2 Å². The molecule has 0 saturated carbocycles. The summed E-state index contributed by atoms with van der Waals surface area (Å²) < 4.78 is 2.51. The first-order valence-corrected chi connectivity index (χ1v) is 5.69. The largest absolute Gasteiger partial charge is 0.325 e. The highest BCUT2D eigenvalue weighted by atomic mass is 79.9. The lowest BCUT2D eigenvalue weighted by Crippen LogP contribution is -2.25. The number of anilines is 1. The Morgan fingerprint density at radius 3 is 3.06 bits per heavy atom. The molecule has 2 aromatic rings. The lowest BCUT2D eigenvalue weighted by atomic mass is 10.2. The van der Waals surface area contributed by atoms with Gasteiger partial charge in [0.05, 0.1) is 0 Å². The van der Waals surface area contributed by atoms with Gasteiger partial charge >= 0.3 is 0 Å². The zero-order chi connectivity index (χ0) is 12.4. The van der Waals surface area contributed by atoms with Crippen LogP contribution in [-0.2, 0) is 11.8 Å². The number of hydrogen-bond acceptors (Lipinski definition) is 4. The van der Waals surface area contributed by atoms with Gasteiger partial charge in [-0.15, -0.1) is 0 Å². The van der Waals surface area contributed by atoms with E-state index in [0.29, 0.717) is 5.69 Å². The maximum Gasteiger partial charge on any atom is 0.240 e. The van der Waals surface area contributed by atoms with Gasteiger partial charge in [-0.25, -0.2) is 0 Å². The fourth-order valence-electron chi connectivity index (χ4n) is 1.56. The third-order valence-corrected chi connectivity index (χ3v) is 2.80. The van der Waals surface area contributed by atoms with Gasteiger partial charge in [-0.3, -0.25) is 9.48 Å². The molecule has 0 saturated heterocycles. The van der Waals surface area contributed by atoms with Crippen molar-refractivity contribution in [2.45, 2.75) is 0 Å². The Labute approximate surface area is 106 Å². The van der Waals surface area contributed by atoms with E-state index in [-0.39, 0.29) is 12.5 Å². The van der Waals surface area contributed by atoms with Crippen molar-refractivity contribution in [3.63, 3.8) is 0 Å². The molecule has 1 heterocycles. The van der Waals surface area contributed by atoms with E-state index >= 15 is 0 Å². The predicted octanol–water partition coefficient (Wildman–Crippen LogP) is 1.25. The van der Waals surface area contributed by atoms with Gasteiger partial charge in [-0.1, -0.05) is 0 Å². The van der Waals surface area contributed by atoms with Crippen molar-refractivity contribution in [2.24, 2.45) is 7.05 Å². The molecule has 6 nitrogen and oxygen atoms in total. The molecular weight excluding hydrogens is 288 g/mol. The number of nitrogens with one attached hydrogen (secondary N) is 2. The molecule has 0 aliphatic heterocycles. The number of benzene rings is 1. The van der Waals surface area contributed by atoms with E-state index in [9.17, 15) is 4.79 Å². The van der Waals surface area contributed by atoms with Crippen molar-refractivity contribution in [3.05, 3.63) is 22.8 Å². The molecule has 1 aromatic heterocycles. The Balaban J connectivity index is 2.33. The smallest absolute Gasteiger partial charge is 0.240 e. The summed E-state index contributed by atoms with van der Waals surface area (Å²) in [6.07, 6.45) is 1.86. The van der Waals surface area contributed by atoms with E-state index in [1.165, 1.54) is 0 Å². The number of amides is 1. The van der Waals surface area contributed by atoms with Crippen LogP contribution < -0.4 is 10.8 Å². The molecule has 0 radical (unpaired) electrons. The third kappa shape index (κ3) is 2.63. The lowest BCUT2D eigenvalue weighted by Gasteiger charge is -2.05. The molecule has 7 heteroatoms. The minimum Gasteiger partial charge on any atom is -0.325 e. The van der Waals surface area contributed by atoms with Crippen molar-refractivity contribution in [3.8, 4) is 0 Å². The maximum absolute atomic E-state index is 11.3. The molecule has 0 unspecified atom stereocenters.